The van der Waals surface area contributed by atoms with E-state index in [2.05, 4.69) is 22.2 Å². The van der Waals surface area contributed by atoms with Crippen molar-refractivity contribution in [2.75, 3.05) is 21.3 Å². The number of hydrogen-bond donors (Lipinski definition) is 0. The van der Waals surface area contributed by atoms with Crippen LogP contribution in [0.3, 0.4) is 0 Å². The van der Waals surface area contributed by atoms with E-state index < -0.39 is 11.9 Å². The van der Waals surface area contributed by atoms with E-state index in [4.69, 9.17) is 19.1 Å². The zero-order valence-electron chi connectivity index (χ0n) is 19.5. The van der Waals surface area contributed by atoms with Gasteiger partial charge in [-0.2, -0.15) is 0 Å². The third-order valence-electron chi connectivity index (χ3n) is 4.60. The first-order valence-corrected chi connectivity index (χ1v) is 9.98. The highest BCUT2D eigenvalue weighted by Gasteiger charge is 2.20. The third kappa shape index (κ3) is 6.68. The lowest BCUT2D eigenvalue weighted by atomic mass is 9.99. The number of nitrogens with zero attached hydrogens (tertiary/aromatic N) is 2. The van der Waals surface area contributed by atoms with Gasteiger partial charge in [0.15, 0.2) is 5.71 Å². The van der Waals surface area contributed by atoms with Crippen molar-refractivity contribution in [2.45, 2.75) is 27.4 Å². The first-order valence-electron chi connectivity index (χ1n) is 9.98. The molecule has 0 saturated heterocycles. The monoisotopic (exact) mass is 450 g/mol. The molecule has 33 heavy (non-hydrogen) atoms. The summed E-state index contributed by atoms with van der Waals surface area (Å²) in [6.07, 6.45) is 0. The summed E-state index contributed by atoms with van der Waals surface area (Å²) in [5.74, 6) is 4.71. The minimum atomic E-state index is -0.631. The number of ether oxygens (including phenoxy) is 2. The Labute approximate surface area is 193 Å². The van der Waals surface area contributed by atoms with Crippen LogP contribution in [0.1, 0.15) is 45.1 Å². The number of carbonyl (C=O) groups excluding carboxylic acids is 2. The summed E-state index contributed by atoms with van der Waals surface area (Å²) < 4.78 is 9.63. The van der Waals surface area contributed by atoms with Gasteiger partial charge in [0.2, 0.25) is 0 Å². The molecular formula is C25H26N2O6. The van der Waals surface area contributed by atoms with Gasteiger partial charge in [-0.15, -0.1) is 0 Å². The van der Waals surface area contributed by atoms with Crippen LogP contribution in [0.15, 0.2) is 46.7 Å². The number of esters is 2. The molecule has 2 rings (SSSR count). The summed E-state index contributed by atoms with van der Waals surface area (Å²) in [7, 11) is 3.94. The molecule has 0 unspecified atom stereocenters. The third-order valence-corrected chi connectivity index (χ3v) is 4.60. The fraction of sp³-hybridized carbons (Fsp3) is 0.280. The molecule has 2 aromatic carbocycles. The van der Waals surface area contributed by atoms with Crippen LogP contribution in [-0.4, -0.2) is 44.7 Å². The van der Waals surface area contributed by atoms with Crippen molar-refractivity contribution in [3.8, 4) is 11.8 Å². The molecule has 0 N–H and O–H groups in total. The molecule has 0 atom stereocenters. The zero-order chi connectivity index (χ0) is 24.4. The Balaban J connectivity index is 2.25. The van der Waals surface area contributed by atoms with Crippen LogP contribution in [0.5, 0.6) is 0 Å². The summed E-state index contributed by atoms with van der Waals surface area (Å²) in [6.45, 7) is 5.52. The highest BCUT2D eigenvalue weighted by Crippen LogP contribution is 2.18. The van der Waals surface area contributed by atoms with Crippen LogP contribution < -0.4 is 0 Å². The van der Waals surface area contributed by atoms with Crippen molar-refractivity contribution >= 4 is 23.4 Å². The van der Waals surface area contributed by atoms with Gasteiger partial charge in [-0.1, -0.05) is 46.1 Å². The molecule has 0 aromatic heterocycles. The van der Waals surface area contributed by atoms with Gasteiger partial charge in [0.25, 0.3) is 0 Å². The molecule has 2 aromatic rings. The normalized spacial score (nSPS) is 11.2. The van der Waals surface area contributed by atoms with E-state index >= 15 is 0 Å². The Morgan fingerprint density at radius 1 is 0.970 bits per heavy atom. The molecule has 8 nitrogen and oxygen atoms in total. The van der Waals surface area contributed by atoms with Gasteiger partial charge >= 0.3 is 11.9 Å². The maximum absolute atomic E-state index is 12.1. The maximum Gasteiger partial charge on any atom is 0.360 e. The minimum absolute atomic E-state index is 0.0255. The quantitative estimate of drug-likeness (QED) is 0.277. The van der Waals surface area contributed by atoms with E-state index in [9.17, 15) is 9.59 Å². The van der Waals surface area contributed by atoms with Crippen molar-refractivity contribution in [3.63, 3.8) is 0 Å². The smallest absolute Gasteiger partial charge is 0.360 e. The summed E-state index contributed by atoms with van der Waals surface area (Å²) >= 11 is 0. The van der Waals surface area contributed by atoms with Gasteiger partial charge in [0, 0.05) is 16.7 Å². The van der Waals surface area contributed by atoms with E-state index in [1.807, 2.05) is 26.0 Å². The number of carbonyl (C=O) groups is 2. The number of methoxy groups -OCH3 is 2. The molecule has 0 spiro atoms. The minimum Gasteiger partial charge on any atom is -0.465 e. The number of aryl methyl sites for hydroxylation is 2. The summed E-state index contributed by atoms with van der Waals surface area (Å²) in [5.41, 5.74) is 4.36. The van der Waals surface area contributed by atoms with Gasteiger partial charge in [0.1, 0.15) is 19.4 Å². The molecule has 0 radical (unpaired) electrons. The number of rotatable bonds is 7. The second-order valence-electron chi connectivity index (χ2n) is 6.96. The van der Waals surface area contributed by atoms with Gasteiger partial charge in [-0.25, -0.2) is 9.59 Å². The SMILES string of the molecule is CO/N=C(/C(=O)OC)c1cccc(C)c1CO/N=C(\C)C#Cc1ccc(C)cc1C(=O)OC. The maximum atomic E-state index is 12.1. The largest absolute Gasteiger partial charge is 0.465 e. The topological polar surface area (TPSA) is 95.8 Å². The van der Waals surface area contributed by atoms with Crippen LogP contribution in [0, 0.1) is 25.7 Å². The van der Waals surface area contributed by atoms with Crippen molar-refractivity contribution in [3.05, 3.63) is 69.8 Å². The highest BCUT2D eigenvalue weighted by atomic mass is 16.6. The van der Waals surface area contributed by atoms with Crippen LogP contribution >= 0.6 is 0 Å². The predicted molar refractivity (Wildman–Crippen MR) is 124 cm³/mol. The summed E-state index contributed by atoms with van der Waals surface area (Å²) in [6, 6.07) is 10.7. The second kappa shape index (κ2) is 12.1. The van der Waals surface area contributed by atoms with Gasteiger partial charge in [-0.3, -0.25) is 0 Å². The lowest BCUT2D eigenvalue weighted by Crippen LogP contribution is -2.20. The number of oxime groups is 2. The standard InChI is InChI=1S/C25H26N2O6/c1-16-10-12-19(21(14-16)24(28)30-4)13-11-18(3)26-33-15-22-17(2)8-7-9-20(22)23(27-32-6)25(29)31-5/h7-10,12,14H,15H2,1-6H3/b26-18+,27-23+. The number of hydrogen-bond acceptors (Lipinski definition) is 8. The molecule has 0 heterocycles. The summed E-state index contributed by atoms with van der Waals surface area (Å²) in [4.78, 5) is 34.4. The molecule has 0 bridgehead atoms. The van der Waals surface area contributed by atoms with Crippen LogP contribution in [0.2, 0.25) is 0 Å². The second-order valence-corrected chi connectivity index (χ2v) is 6.96. The highest BCUT2D eigenvalue weighted by molar-refractivity contribution is 6.43. The van der Waals surface area contributed by atoms with Gasteiger partial charge in [-0.05, 0) is 44.4 Å². The molecule has 0 aliphatic rings. The van der Waals surface area contributed by atoms with Crippen molar-refractivity contribution in [1.82, 2.24) is 0 Å². The summed E-state index contributed by atoms with van der Waals surface area (Å²) in [5, 5.41) is 7.84. The van der Waals surface area contributed by atoms with Crippen molar-refractivity contribution in [1.29, 1.82) is 0 Å². The molecule has 0 amide bonds. The van der Waals surface area contributed by atoms with Crippen LogP contribution in [0.25, 0.3) is 0 Å². The van der Waals surface area contributed by atoms with E-state index in [0.717, 1.165) is 11.1 Å². The molecule has 0 aliphatic heterocycles. The Morgan fingerprint density at radius 3 is 2.39 bits per heavy atom. The fourth-order valence-corrected chi connectivity index (χ4v) is 2.92. The first kappa shape index (κ1) is 25.1. The Morgan fingerprint density at radius 2 is 1.73 bits per heavy atom. The molecular weight excluding hydrogens is 424 g/mol. The Hall–Kier alpha value is -4.12. The molecule has 8 heteroatoms. The van der Waals surface area contributed by atoms with E-state index in [-0.39, 0.29) is 12.3 Å². The van der Waals surface area contributed by atoms with E-state index in [1.165, 1.54) is 21.3 Å². The molecule has 0 fully saturated rings. The van der Waals surface area contributed by atoms with Crippen LogP contribution in [0.4, 0.5) is 0 Å². The average molecular weight is 450 g/mol. The van der Waals surface area contributed by atoms with Gasteiger partial charge in [0.05, 0.1) is 19.8 Å². The van der Waals surface area contributed by atoms with Crippen LogP contribution in [-0.2, 0) is 30.6 Å². The Bertz CT molecular complexity index is 1160. The van der Waals surface area contributed by atoms with Crippen molar-refractivity contribution < 1.29 is 28.7 Å². The first-order chi connectivity index (χ1) is 15.8. The number of benzene rings is 2. The molecule has 0 aliphatic carbocycles. The Kier molecular flexibility index (Phi) is 9.18. The van der Waals surface area contributed by atoms with Crippen molar-refractivity contribution in [2.24, 2.45) is 10.3 Å². The van der Waals surface area contributed by atoms with Gasteiger partial charge < -0.3 is 19.1 Å². The van der Waals surface area contributed by atoms with E-state index in [1.54, 1.807) is 31.2 Å². The van der Waals surface area contributed by atoms with E-state index in [0.29, 0.717) is 28.0 Å². The zero-order valence-corrected chi connectivity index (χ0v) is 19.5. The molecule has 0 saturated carbocycles. The molecule has 172 valence electrons. The fourth-order valence-electron chi connectivity index (χ4n) is 2.92. The lowest BCUT2D eigenvalue weighted by Gasteiger charge is -2.12. The predicted octanol–water partition coefficient (Wildman–Crippen LogP) is 3.56. The lowest BCUT2D eigenvalue weighted by molar-refractivity contribution is -0.132. The average Bonchev–Trinajstić information content (AvgIpc) is 2.81.